The van der Waals surface area contributed by atoms with Crippen molar-refractivity contribution in [3.8, 4) is 5.75 Å². The molecular formula is C16H27NO2. The molecule has 1 N–H and O–H groups in total. The van der Waals surface area contributed by atoms with Crippen molar-refractivity contribution in [1.29, 1.82) is 0 Å². The first-order valence-electron chi connectivity index (χ1n) is 7.04. The zero-order chi connectivity index (χ0) is 14.3. The van der Waals surface area contributed by atoms with Crippen molar-refractivity contribution in [2.75, 3.05) is 20.8 Å². The maximum absolute atomic E-state index is 5.69. The van der Waals surface area contributed by atoms with Gasteiger partial charge in [0.15, 0.2) is 0 Å². The van der Waals surface area contributed by atoms with Gasteiger partial charge in [0.1, 0.15) is 5.75 Å². The van der Waals surface area contributed by atoms with Crippen molar-refractivity contribution in [1.82, 2.24) is 5.32 Å². The van der Waals surface area contributed by atoms with Crippen LogP contribution in [0.4, 0.5) is 0 Å². The molecule has 0 aliphatic carbocycles. The average Bonchev–Trinajstić information content (AvgIpc) is 2.43. The summed E-state index contributed by atoms with van der Waals surface area (Å²) in [5.41, 5.74) is 1.25. The highest BCUT2D eigenvalue weighted by atomic mass is 16.5. The summed E-state index contributed by atoms with van der Waals surface area (Å²) in [6, 6.07) is 8.45. The van der Waals surface area contributed by atoms with Gasteiger partial charge in [-0.1, -0.05) is 32.9 Å². The maximum atomic E-state index is 5.69. The van der Waals surface area contributed by atoms with Crippen molar-refractivity contribution in [2.45, 2.75) is 39.3 Å². The highest BCUT2D eigenvalue weighted by Gasteiger charge is 2.25. The quantitative estimate of drug-likeness (QED) is 0.781. The first-order valence-corrected chi connectivity index (χ1v) is 7.04. The van der Waals surface area contributed by atoms with Crippen LogP contribution in [0.3, 0.4) is 0 Å². The van der Waals surface area contributed by atoms with Crippen LogP contribution in [0.5, 0.6) is 5.75 Å². The van der Waals surface area contributed by atoms with E-state index >= 15 is 0 Å². The molecule has 1 aromatic rings. The molecule has 3 heteroatoms. The molecule has 0 aromatic heterocycles. The SMILES string of the molecule is CCCNC(c1ccc(OC)cc1)C(OC)C(C)C. The van der Waals surface area contributed by atoms with Crippen molar-refractivity contribution in [2.24, 2.45) is 5.92 Å². The zero-order valence-electron chi connectivity index (χ0n) is 12.8. The van der Waals surface area contributed by atoms with Gasteiger partial charge in [-0.2, -0.15) is 0 Å². The number of nitrogens with one attached hydrogen (secondary N) is 1. The number of ether oxygens (including phenoxy) is 2. The van der Waals surface area contributed by atoms with Gasteiger partial charge in [-0.05, 0) is 36.6 Å². The first kappa shape index (κ1) is 16.0. The van der Waals surface area contributed by atoms with Crippen molar-refractivity contribution < 1.29 is 9.47 Å². The molecular weight excluding hydrogens is 238 g/mol. The van der Waals surface area contributed by atoms with Gasteiger partial charge in [-0.3, -0.25) is 0 Å². The van der Waals surface area contributed by atoms with Crippen LogP contribution in [0.2, 0.25) is 0 Å². The Hall–Kier alpha value is -1.06. The molecule has 0 spiro atoms. The molecule has 0 radical (unpaired) electrons. The monoisotopic (exact) mass is 265 g/mol. The third-order valence-electron chi connectivity index (χ3n) is 3.35. The largest absolute Gasteiger partial charge is 0.497 e. The number of benzene rings is 1. The third-order valence-corrected chi connectivity index (χ3v) is 3.35. The second-order valence-electron chi connectivity index (χ2n) is 5.15. The molecule has 0 amide bonds. The molecule has 108 valence electrons. The number of hydrogen-bond donors (Lipinski definition) is 1. The van der Waals surface area contributed by atoms with E-state index in [-0.39, 0.29) is 12.1 Å². The zero-order valence-corrected chi connectivity index (χ0v) is 12.8. The highest BCUT2D eigenvalue weighted by Crippen LogP contribution is 2.26. The van der Waals surface area contributed by atoms with Gasteiger partial charge in [0.25, 0.3) is 0 Å². The molecule has 0 saturated heterocycles. The van der Waals surface area contributed by atoms with E-state index in [1.807, 2.05) is 12.1 Å². The summed E-state index contributed by atoms with van der Waals surface area (Å²) in [5, 5.41) is 3.59. The van der Waals surface area contributed by atoms with E-state index in [0.29, 0.717) is 5.92 Å². The molecule has 0 heterocycles. The topological polar surface area (TPSA) is 30.5 Å². The lowest BCUT2D eigenvalue weighted by molar-refractivity contribution is 0.0326. The van der Waals surface area contributed by atoms with Gasteiger partial charge < -0.3 is 14.8 Å². The Balaban J connectivity index is 2.93. The lowest BCUT2D eigenvalue weighted by Gasteiger charge is -2.30. The Morgan fingerprint density at radius 1 is 1.11 bits per heavy atom. The fourth-order valence-corrected chi connectivity index (χ4v) is 2.33. The Kier molecular flexibility index (Phi) is 6.89. The van der Waals surface area contributed by atoms with E-state index in [9.17, 15) is 0 Å². The van der Waals surface area contributed by atoms with E-state index in [1.165, 1.54) is 5.56 Å². The molecule has 0 aliphatic heterocycles. The maximum Gasteiger partial charge on any atom is 0.118 e. The average molecular weight is 265 g/mol. The predicted molar refractivity (Wildman–Crippen MR) is 79.7 cm³/mol. The van der Waals surface area contributed by atoms with Crippen LogP contribution in [-0.2, 0) is 4.74 Å². The Morgan fingerprint density at radius 2 is 1.74 bits per heavy atom. The van der Waals surface area contributed by atoms with E-state index in [0.717, 1.165) is 18.7 Å². The minimum absolute atomic E-state index is 0.167. The summed E-state index contributed by atoms with van der Waals surface area (Å²) >= 11 is 0. The van der Waals surface area contributed by atoms with Gasteiger partial charge >= 0.3 is 0 Å². The van der Waals surface area contributed by atoms with Crippen LogP contribution in [0.15, 0.2) is 24.3 Å². The van der Waals surface area contributed by atoms with Crippen LogP contribution in [0, 0.1) is 5.92 Å². The van der Waals surface area contributed by atoms with Crippen LogP contribution in [0.25, 0.3) is 0 Å². The van der Waals surface area contributed by atoms with Gasteiger partial charge in [0.2, 0.25) is 0 Å². The third kappa shape index (κ3) is 4.51. The molecule has 19 heavy (non-hydrogen) atoms. The van der Waals surface area contributed by atoms with Gasteiger partial charge in [-0.15, -0.1) is 0 Å². The van der Waals surface area contributed by atoms with Crippen LogP contribution in [-0.4, -0.2) is 26.9 Å². The Morgan fingerprint density at radius 3 is 2.16 bits per heavy atom. The standard InChI is InChI=1S/C16H27NO2/c1-6-11-17-15(16(19-5)12(2)3)13-7-9-14(18-4)10-8-13/h7-10,12,15-17H,6,11H2,1-5H3. The summed E-state index contributed by atoms with van der Waals surface area (Å²) < 4.78 is 10.9. The normalized spacial score (nSPS) is 14.4. The van der Waals surface area contributed by atoms with E-state index in [1.54, 1.807) is 14.2 Å². The molecule has 0 fully saturated rings. The summed E-state index contributed by atoms with van der Waals surface area (Å²) in [4.78, 5) is 0. The van der Waals surface area contributed by atoms with E-state index < -0.39 is 0 Å². The van der Waals surface area contributed by atoms with E-state index in [4.69, 9.17) is 9.47 Å². The molecule has 1 rings (SSSR count). The summed E-state index contributed by atoms with van der Waals surface area (Å²) in [7, 11) is 3.47. The van der Waals surface area contributed by atoms with Gasteiger partial charge in [0, 0.05) is 7.11 Å². The second-order valence-corrected chi connectivity index (χ2v) is 5.15. The fourth-order valence-electron chi connectivity index (χ4n) is 2.33. The van der Waals surface area contributed by atoms with Crippen LogP contribution in [0.1, 0.15) is 38.8 Å². The van der Waals surface area contributed by atoms with Gasteiger partial charge in [-0.25, -0.2) is 0 Å². The van der Waals surface area contributed by atoms with Gasteiger partial charge in [0.05, 0.1) is 19.3 Å². The second kappa shape index (κ2) is 8.18. The van der Waals surface area contributed by atoms with Crippen molar-refractivity contribution in [3.05, 3.63) is 29.8 Å². The number of methoxy groups -OCH3 is 2. The van der Waals surface area contributed by atoms with Crippen LogP contribution < -0.4 is 10.1 Å². The Labute approximate surface area is 117 Å². The minimum atomic E-state index is 0.167. The lowest BCUT2D eigenvalue weighted by atomic mass is 9.93. The minimum Gasteiger partial charge on any atom is -0.497 e. The highest BCUT2D eigenvalue weighted by molar-refractivity contribution is 5.29. The molecule has 0 bridgehead atoms. The first-order chi connectivity index (χ1) is 9.13. The fraction of sp³-hybridized carbons (Fsp3) is 0.625. The summed E-state index contributed by atoms with van der Waals surface area (Å²) in [6.45, 7) is 7.55. The predicted octanol–water partition coefficient (Wildman–Crippen LogP) is 3.41. The Bertz CT molecular complexity index is 348. The van der Waals surface area contributed by atoms with Crippen molar-refractivity contribution in [3.63, 3.8) is 0 Å². The smallest absolute Gasteiger partial charge is 0.118 e. The van der Waals surface area contributed by atoms with Crippen molar-refractivity contribution >= 4 is 0 Å². The molecule has 1 aromatic carbocycles. The summed E-state index contributed by atoms with van der Waals surface area (Å²) in [5.74, 6) is 1.35. The number of hydrogen-bond acceptors (Lipinski definition) is 3. The lowest BCUT2D eigenvalue weighted by Crippen LogP contribution is -2.37. The molecule has 2 unspecified atom stereocenters. The summed E-state index contributed by atoms with van der Waals surface area (Å²) in [6.07, 6.45) is 1.28. The molecule has 0 aliphatic rings. The molecule has 0 saturated carbocycles. The molecule has 2 atom stereocenters. The molecule has 3 nitrogen and oxygen atoms in total. The number of rotatable bonds is 8. The van der Waals surface area contributed by atoms with E-state index in [2.05, 4.69) is 38.2 Å². The van der Waals surface area contributed by atoms with Crippen LogP contribution >= 0.6 is 0 Å².